The van der Waals surface area contributed by atoms with Crippen molar-refractivity contribution in [3.63, 3.8) is 0 Å². The van der Waals surface area contributed by atoms with Gasteiger partial charge in [0.1, 0.15) is 12.7 Å². The maximum Gasteiger partial charge on any atom is 0.252 e. The van der Waals surface area contributed by atoms with Gasteiger partial charge in [0.05, 0.1) is 5.56 Å². The van der Waals surface area contributed by atoms with Gasteiger partial charge < -0.3 is 19.8 Å². The first-order chi connectivity index (χ1) is 9.83. The third-order valence-corrected chi connectivity index (χ3v) is 3.18. The van der Waals surface area contributed by atoms with Gasteiger partial charge in [-0.15, -0.1) is 0 Å². The molecule has 0 saturated carbocycles. The first-order valence-electron chi connectivity index (χ1n) is 6.62. The Kier molecular flexibility index (Phi) is 3.58. The van der Waals surface area contributed by atoms with Crippen LogP contribution in [0.2, 0.25) is 0 Å². The van der Waals surface area contributed by atoms with E-state index in [2.05, 4.69) is 10.3 Å². The molecular formula is C15H16N2O3. The van der Waals surface area contributed by atoms with E-state index in [-0.39, 0.29) is 12.0 Å². The first kappa shape index (κ1) is 12.6. The molecule has 1 aliphatic rings. The average Bonchev–Trinajstić information content (AvgIpc) is 3.01. The predicted molar refractivity (Wildman–Crippen MR) is 74.1 cm³/mol. The van der Waals surface area contributed by atoms with Gasteiger partial charge in [-0.25, -0.2) is 0 Å². The molecule has 1 aromatic carbocycles. The van der Waals surface area contributed by atoms with Crippen molar-refractivity contribution >= 4 is 5.91 Å². The number of carbonyl (C=O) groups is 1. The van der Waals surface area contributed by atoms with Crippen LogP contribution in [0.25, 0.3) is 0 Å². The molecule has 2 aromatic rings. The number of aromatic nitrogens is 1. The number of H-pyrrole nitrogens is 1. The van der Waals surface area contributed by atoms with Gasteiger partial charge in [-0.3, -0.25) is 4.79 Å². The lowest BCUT2D eigenvalue weighted by molar-refractivity contribution is 0.0813. The quantitative estimate of drug-likeness (QED) is 0.894. The highest BCUT2D eigenvalue weighted by atomic mass is 16.6. The van der Waals surface area contributed by atoms with Crippen molar-refractivity contribution in [3.8, 4) is 11.5 Å². The molecule has 2 N–H and O–H groups in total. The van der Waals surface area contributed by atoms with E-state index in [0.717, 1.165) is 11.5 Å². The summed E-state index contributed by atoms with van der Waals surface area (Å²) in [6, 6.07) is 9.35. The van der Waals surface area contributed by atoms with E-state index in [0.29, 0.717) is 25.1 Å². The Labute approximate surface area is 116 Å². The largest absolute Gasteiger partial charge is 0.486 e. The Morgan fingerprint density at radius 1 is 1.30 bits per heavy atom. The SMILES string of the molecule is O=C(NCC[C@H]1COc2ccccc2O1)c1cc[nH]c1. The molecule has 1 aliphatic heterocycles. The summed E-state index contributed by atoms with van der Waals surface area (Å²) in [4.78, 5) is 14.6. The maximum absolute atomic E-state index is 11.7. The van der Waals surface area contributed by atoms with Gasteiger partial charge in [0, 0.05) is 25.4 Å². The summed E-state index contributed by atoms with van der Waals surface area (Å²) in [6.45, 7) is 1.07. The Hall–Kier alpha value is -2.43. The molecule has 1 amide bonds. The molecule has 0 fully saturated rings. The summed E-state index contributed by atoms with van der Waals surface area (Å²) >= 11 is 0. The standard InChI is InChI=1S/C15H16N2O3/c18-15(11-5-7-16-9-11)17-8-6-12-10-19-13-3-1-2-4-14(13)20-12/h1-5,7,9,12,16H,6,8,10H2,(H,17,18)/t12-/m0/s1. The highest BCUT2D eigenvalue weighted by Crippen LogP contribution is 2.31. The van der Waals surface area contributed by atoms with Gasteiger partial charge in [-0.1, -0.05) is 12.1 Å². The molecule has 1 aromatic heterocycles. The van der Waals surface area contributed by atoms with Crippen LogP contribution in [0.1, 0.15) is 16.8 Å². The van der Waals surface area contributed by atoms with Gasteiger partial charge in [0.2, 0.25) is 0 Å². The number of benzene rings is 1. The summed E-state index contributed by atoms with van der Waals surface area (Å²) in [5.41, 5.74) is 0.635. The fourth-order valence-electron chi connectivity index (χ4n) is 2.12. The lowest BCUT2D eigenvalue weighted by Gasteiger charge is -2.26. The van der Waals surface area contributed by atoms with E-state index in [1.807, 2.05) is 24.3 Å². The minimum absolute atomic E-state index is 0.0311. The van der Waals surface area contributed by atoms with E-state index in [1.54, 1.807) is 18.5 Å². The van der Waals surface area contributed by atoms with Crippen LogP contribution in [-0.2, 0) is 0 Å². The van der Waals surface area contributed by atoms with Crippen LogP contribution < -0.4 is 14.8 Å². The number of ether oxygens (including phenoxy) is 2. The second-order valence-corrected chi connectivity index (χ2v) is 4.64. The number of hydrogen-bond donors (Lipinski definition) is 2. The summed E-state index contributed by atoms with van der Waals surface area (Å²) in [6.07, 6.45) is 4.08. The van der Waals surface area contributed by atoms with Gasteiger partial charge >= 0.3 is 0 Å². The average molecular weight is 272 g/mol. The van der Waals surface area contributed by atoms with Crippen molar-refractivity contribution in [2.24, 2.45) is 0 Å². The number of hydrogen-bond acceptors (Lipinski definition) is 3. The van der Waals surface area contributed by atoms with Crippen LogP contribution in [0.3, 0.4) is 0 Å². The number of aromatic amines is 1. The Bertz CT molecular complexity index is 581. The van der Waals surface area contributed by atoms with Crippen LogP contribution in [0.15, 0.2) is 42.7 Å². The fraction of sp³-hybridized carbons (Fsp3) is 0.267. The molecule has 1 atom stereocenters. The van der Waals surface area contributed by atoms with Crippen molar-refractivity contribution in [2.45, 2.75) is 12.5 Å². The molecule has 20 heavy (non-hydrogen) atoms. The molecule has 0 bridgehead atoms. The third-order valence-electron chi connectivity index (χ3n) is 3.18. The zero-order valence-corrected chi connectivity index (χ0v) is 11.0. The highest BCUT2D eigenvalue weighted by molar-refractivity contribution is 5.93. The molecule has 5 heteroatoms. The van der Waals surface area contributed by atoms with Crippen LogP contribution in [0.5, 0.6) is 11.5 Å². The van der Waals surface area contributed by atoms with E-state index in [4.69, 9.17) is 9.47 Å². The summed E-state index contributed by atoms with van der Waals surface area (Å²) < 4.78 is 11.4. The lowest BCUT2D eigenvalue weighted by Crippen LogP contribution is -2.34. The van der Waals surface area contributed by atoms with E-state index in [1.165, 1.54) is 0 Å². The molecule has 0 unspecified atom stereocenters. The van der Waals surface area contributed by atoms with Crippen LogP contribution in [-0.4, -0.2) is 30.1 Å². The number of amides is 1. The number of para-hydroxylation sites is 2. The van der Waals surface area contributed by atoms with Crippen molar-refractivity contribution < 1.29 is 14.3 Å². The third kappa shape index (κ3) is 2.77. The summed E-state index contributed by atoms with van der Waals surface area (Å²) in [7, 11) is 0. The molecule has 104 valence electrons. The first-order valence-corrected chi connectivity index (χ1v) is 6.62. The highest BCUT2D eigenvalue weighted by Gasteiger charge is 2.20. The molecule has 2 heterocycles. The summed E-state index contributed by atoms with van der Waals surface area (Å²) in [5, 5.41) is 2.86. The van der Waals surface area contributed by atoms with Crippen LogP contribution in [0.4, 0.5) is 0 Å². The van der Waals surface area contributed by atoms with Crippen LogP contribution in [0, 0.1) is 0 Å². The van der Waals surface area contributed by atoms with Gasteiger partial charge in [-0.2, -0.15) is 0 Å². The van der Waals surface area contributed by atoms with Gasteiger partial charge in [0.25, 0.3) is 5.91 Å². The second-order valence-electron chi connectivity index (χ2n) is 4.64. The normalized spacial score (nSPS) is 16.7. The zero-order valence-electron chi connectivity index (χ0n) is 11.0. The second kappa shape index (κ2) is 5.69. The smallest absolute Gasteiger partial charge is 0.252 e. The minimum Gasteiger partial charge on any atom is -0.486 e. The number of fused-ring (bicyclic) bond motifs is 1. The Balaban J connectivity index is 1.47. The molecule has 0 radical (unpaired) electrons. The minimum atomic E-state index is -0.0802. The van der Waals surface area contributed by atoms with Gasteiger partial charge in [-0.05, 0) is 18.2 Å². The van der Waals surface area contributed by atoms with Crippen molar-refractivity contribution in [3.05, 3.63) is 48.3 Å². The molecule has 0 saturated heterocycles. The van der Waals surface area contributed by atoms with E-state index in [9.17, 15) is 4.79 Å². The fourth-order valence-corrected chi connectivity index (χ4v) is 2.12. The Morgan fingerprint density at radius 2 is 2.15 bits per heavy atom. The van der Waals surface area contributed by atoms with Gasteiger partial charge in [0.15, 0.2) is 11.5 Å². The number of rotatable bonds is 4. The Morgan fingerprint density at radius 3 is 2.95 bits per heavy atom. The van der Waals surface area contributed by atoms with Crippen molar-refractivity contribution in [1.82, 2.24) is 10.3 Å². The molecule has 3 rings (SSSR count). The maximum atomic E-state index is 11.7. The van der Waals surface area contributed by atoms with Crippen molar-refractivity contribution in [2.75, 3.05) is 13.2 Å². The van der Waals surface area contributed by atoms with Crippen LogP contribution >= 0.6 is 0 Å². The van der Waals surface area contributed by atoms with E-state index >= 15 is 0 Å². The lowest BCUT2D eigenvalue weighted by atomic mass is 10.2. The molecule has 0 aliphatic carbocycles. The topological polar surface area (TPSA) is 63.4 Å². The monoisotopic (exact) mass is 272 g/mol. The molecule has 0 spiro atoms. The van der Waals surface area contributed by atoms with Crippen molar-refractivity contribution in [1.29, 1.82) is 0 Å². The molecule has 5 nitrogen and oxygen atoms in total. The predicted octanol–water partition coefficient (Wildman–Crippen LogP) is 1.97. The zero-order chi connectivity index (χ0) is 13.8. The van der Waals surface area contributed by atoms with E-state index < -0.39 is 0 Å². The molecular weight excluding hydrogens is 256 g/mol. The number of nitrogens with one attached hydrogen (secondary N) is 2. The number of carbonyl (C=O) groups excluding carboxylic acids is 1. The summed E-state index contributed by atoms with van der Waals surface area (Å²) in [5.74, 6) is 1.46.